The second-order valence-corrected chi connectivity index (χ2v) is 10.1. The van der Waals surface area contributed by atoms with Gasteiger partial charge in [-0.25, -0.2) is 0 Å². The summed E-state index contributed by atoms with van der Waals surface area (Å²) in [5.41, 5.74) is 3.48. The molecule has 9 heteroatoms. The Morgan fingerprint density at radius 3 is 2.71 bits per heavy atom. The zero-order valence-corrected chi connectivity index (χ0v) is 20.1. The number of amides is 1. The first-order chi connectivity index (χ1) is 14.9. The third-order valence-corrected chi connectivity index (χ3v) is 7.44. The first-order valence-electron chi connectivity index (χ1n) is 10.7. The molecule has 3 rings (SSSR count). The summed E-state index contributed by atoms with van der Waals surface area (Å²) in [5, 5.41) is 12.4. The van der Waals surface area contributed by atoms with E-state index in [1.165, 1.54) is 34.2 Å². The molecule has 7 nitrogen and oxygen atoms in total. The topological polar surface area (TPSA) is 84.4 Å². The van der Waals surface area contributed by atoms with Crippen molar-refractivity contribution in [2.24, 2.45) is 5.92 Å². The van der Waals surface area contributed by atoms with Crippen LogP contribution in [-0.2, 0) is 20.7 Å². The number of hydrogen-bond acceptors (Lipinski definition) is 8. The first-order valence-corrected chi connectivity index (χ1v) is 12.4. The lowest BCUT2D eigenvalue weighted by Crippen LogP contribution is -2.43. The number of piperidine rings is 1. The number of esters is 1. The van der Waals surface area contributed by atoms with Crippen molar-refractivity contribution in [3.05, 3.63) is 29.3 Å². The molecule has 0 aliphatic carbocycles. The second-order valence-electron chi connectivity index (χ2n) is 7.57. The van der Waals surface area contributed by atoms with Gasteiger partial charge in [0.2, 0.25) is 11.0 Å². The Kier molecular flexibility index (Phi) is 8.31. The Balaban J connectivity index is 1.55. The molecule has 0 unspecified atom stereocenters. The zero-order chi connectivity index (χ0) is 22.4. The van der Waals surface area contributed by atoms with Gasteiger partial charge >= 0.3 is 5.97 Å². The van der Waals surface area contributed by atoms with Crippen molar-refractivity contribution < 1.29 is 14.3 Å². The van der Waals surface area contributed by atoms with Gasteiger partial charge in [-0.05, 0) is 51.2 Å². The van der Waals surface area contributed by atoms with Gasteiger partial charge in [-0.3, -0.25) is 9.59 Å². The molecule has 0 bridgehead atoms. The average molecular weight is 463 g/mol. The number of aryl methyl sites for hydroxylation is 2. The van der Waals surface area contributed by atoms with E-state index in [9.17, 15) is 9.59 Å². The normalized spacial score (nSPS) is 15.5. The van der Waals surface area contributed by atoms with E-state index in [-0.39, 0.29) is 23.0 Å². The number of likely N-dealkylation sites (tertiary alicyclic amines) is 1. The van der Waals surface area contributed by atoms with Crippen LogP contribution in [0.3, 0.4) is 0 Å². The van der Waals surface area contributed by atoms with E-state index in [2.05, 4.69) is 47.6 Å². The number of ether oxygens (including phenoxy) is 1. The molecule has 1 aromatic carbocycles. The smallest absolute Gasteiger partial charge is 0.309 e. The van der Waals surface area contributed by atoms with E-state index < -0.39 is 0 Å². The van der Waals surface area contributed by atoms with Gasteiger partial charge in [0.15, 0.2) is 4.34 Å². The molecule has 1 aliphatic heterocycles. The van der Waals surface area contributed by atoms with E-state index >= 15 is 0 Å². The van der Waals surface area contributed by atoms with Crippen molar-refractivity contribution >= 4 is 45.8 Å². The number of hydrogen-bond donors (Lipinski definition) is 1. The average Bonchev–Trinajstić information content (AvgIpc) is 3.21. The number of para-hydroxylation sites is 1. The number of nitrogens with zero attached hydrogens (tertiary/aromatic N) is 3. The lowest BCUT2D eigenvalue weighted by atomic mass is 9.97. The van der Waals surface area contributed by atoms with Crippen molar-refractivity contribution in [2.75, 3.05) is 25.0 Å². The van der Waals surface area contributed by atoms with Gasteiger partial charge in [-0.1, -0.05) is 48.2 Å². The van der Waals surface area contributed by atoms with E-state index in [1.54, 1.807) is 0 Å². The number of carbonyl (C=O) groups excluding carboxylic acids is 2. The molecular formula is C22H30N4O3S2. The summed E-state index contributed by atoms with van der Waals surface area (Å²) >= 11 is 2.88. The highest BCUT2D eigenvalue weighted by atomic mass is 32.2. The Morgan fingerprint density at radius 1 is 1.29 bits per heavy atom. The number of rotatable bonds is 8. The van der Waals surface area contributed by atoms with Crippen LogP contribution in [0.15, 0.2) is 22.5 Å². The summed E-state index contributed by atoms with van der Waals surface area (Å²) in [6.45, 7) is 9.48. The van der Waals surface area contributed by atoms with Gasteiger partial charge in [0, 0.05) is 18.8 Å². The summed E-state index contributed by atoms with van der Waals surface area (Å²) in [6.07, 6.45) is 2.25. The minimum atomic E-state index is -0.260. The van der Waals surface area contributed by atoms with Crippen LogP contribution in [-0.4, -0.2) is 51.9 Å². The van der Waals surface area contributed by atoms with E-state index in [1.807, 2.05) is 18.7 Å². The molecule has 2 heterocycles. The van der Waals surface area contributed by atoms with Crippen LogP contribution in [0, 0.1) is 12.8 Å². The lowest BCUT2D eigenvalue weighted by Gasteiger charge is -2.32. The highest BCUT2D eigenvalue weighted by molar-refractivity contribution is 8.02. The highest BCUT2D eigenvalue weighted by Gasteiger charge is 2.30. The molecule has 1 fully saturated rings. The van der Waals surface area contributed by atoms with E-state index in [0.29, 0.717) is 32.5 Å². The fraction of sp³-hybridized carbons (Fsp3) is 0.545. The van der Waals surface area contributed by atoms with Crippen molar-refractivity contribution in [2.45, 2.75) is 56.5 Å². The zero-order valence-electron chi connectivity index (χ0n) is 18.5. The molecule has 31 heavy (non-hydrogen) atoms. The van der Waals surface area contributed by atoms with Crippen molar-refractivity contribution in [1.82, 2.24) is 15.1 Å². The quantitative estimate of drug-likeness (QED) is 0.459. The number of aromatic nitrogens is 2. The minimum absolute atomic E-state index is 0.0733. The van der Waals surface area contributed by atoms with Crippen LogP contribution in [0.4, 0.5) is 10.8 Å². The maximum atomic E-state index is 12.9. The molecule has 1 amide bonds. The van der Waals surface area contributed by atoms with Crippen LogP contribution in [0.5, 0.6) is 0 Å². The van der Waals surface area contributed by atoms with Gasteiger partial charge in [-0.15, -0.1) is 10.2 Å². The predicted octanol–water partition coefficient (Wildman–Crippen LogP) is 4.43. The molecule has 0 radical (unpaired) electrons. The van der Waals surface area contributed by atoms with Crippen LogP contribution < -0.4 is 5.32 Å². The standard InChI is InChI=1S/C22H30N4O3S2/c1-5-16-9-7-8-14(3)18(16)23-21-24-25-22(31-21)30-15(4)19(27)26-12-10-17(11-13-26)20(28)29-6-2/h7-9,15,17H,5-6,10-13H2,1-4H3,(H,23,24)/t15-/m0/s1. The number of carbonyl (C=O) groups is 2. The van der Waals surface area contributed by atoms with E-state index in [4.69, 9.17) is 4.74 Å². The first kappa shape index (κ1) is 23.5. The number of anilines is 2. The summed E-state index contributed by atoms with van der Waals surface area (Å²) in [7, 11) is 0. The van der Waals surface area contributed by atoms with E-state index in [0.717, 1.165) is 21.6 Å². The Hall–Kier alpha value is -2.13. The molecule has 168 valence electrons. The predicted molar refractivity (Wildman–Crippen MR) is 125 cm³/mol. The molecule has 1 N–H and O–H groups in total. The number of thioether (sulfide) groups is 1. The van der Waals surface area contributed by atoms with Gasteiger partial charge in [0.25, 0.3) is 0 Å². The van der Waals surface area contributed by atoms with Gasteiger partial charge in [-0.2, -0.15) is 0 Å². The molecule has 0 saturated carbocycles. The van der Waals surface area contributed by atoms with Gasteiger partial charge in [0.1, 0.15) is 0 Å². The molecular weight excluding hydrogens is 432 g/mol. The van der Waals surface area contributed by atoms with Gasteiger partial charge in [0.05, 0.1) is 17.8 Å². The SMILES string of the molecule is CCOC(=O)C1CCN(C(=O)[C@H](C)Sc2nnc(Nc3c(C)cccc3CC)s2)CC1. The molecule has 0 spiro atoms. The molecule has 1 aromatic heterocycles. The number of nitrogens with one attached hydrogen (secondary N) is 1. The van der Waals surface area contributed by atoms with Gasteiger partial charge < -0.3 is 15.0 Å². The summed E-state index contributed by atoms with van der Waals surface area (Å²) in [4.78, 5) is 26.6. The maximum absolute atomic E-state index is 12.9. The molecule has 1 aliphatic rings. The Morgan fingerprint density at radius 2 is 2.03 bits per heavy atom. The van der Waals surface area contributed by atoms with Crippen LogP contribution in [0.2, 0.25) is 0 Å². The summed E-state index contributed by atoms with van der Waals surface area (Å²) < 4.78 is 5.86. The lowest BCUT2D eigenvalue weighted by molar-refractivity contribution is -0.151. The Bertz CT molecular complexity index is 910. The minimum Gasteiger partial charge on any atom is -0.466 e. The fourth-order valence-electron chi connectivity index (χ4n) is 3.67. The Labute approximate surface area is 192 Å². The fourth-order valence-corrected chi connectivity index (χ4v) is 5.66. The summed E-state index contributed by atoms with van der Waals surface area (Å²) in [5.74, 6) is -0.173. The maximum Gasteiger partial charge on any atom is 0.309 e. The van der Waals surface area contributed by atoms with Crippen molar-refractivity contribution in [1.29, 1.82) is 0 Å². The third-order valence-electron chi connectivity index (χ3n) is 5.43. The van der Waals surface area contributed by atoms with Crippen LogP contribution >= 0.6 is 23.1 Å². The third kappa shape index (κ3) is 5.98. The molecule has 1 atom stereocenters. The second kappa shape index (κ2) is 10.9. The molecule has 1 saturated heterocycles. The van der Waals surface area contributed by atoms with Crippen molar-refractivity contribution in [3.8, 4) is 0 Å². The van der Waals surface area contributed by atoms with Crippen LogP contribution in [0.1, 0.15) is 44.7 Å². The highest BCUT2D eigenvalue weighted by Crippen LogP contribution is 2.33. The monoisotopic (exact) mass is 462 g/mol. The van der Waals surface area contributed by atoms with Crippen LogP contribution in [0.25, 0.3) is 0 Å². The molecule has 2 aromatic rings. The van der Waals surface area contributed by atoms with Crippen molar-refractivity contribution in [3.63, 3.8) is 0 Å². The summed E-state index contributed by atoms with van der Waals surface area (Å²) in [6, 6.07) is 6.24. The number of benzene rings is 1. The largest absolute Gasteiger partial charge is 0.466 e.